The largest absolute Gasteiger partial charge is 0.389 e. The molecule has 1 saturated carbocycles. The zero-order valence-electron chi connectivity index (χ0n) is 13.1. The Balaban J connectivity index is 1.45. The molecule has 22 heavy (non-hydrogen) atoms. The minimum absolute atomic E-state index is 0.141. The average Bonchev–Trinajstić information content (AvgIpc) is 3.19. The van der Waals surface area contributed by atoms with Gasteiger partial charge in [0.1, 0.15) is 5.60 Å². The quantitative estimate of drug-likeness (QED) is 0.840. The van der Waals surface area contributed by atoms with Gasteiger partial charge in [-0.25, -0.2) is 0 Å². The van der Waals surface area contributed by atoms with Crippen LogP contribution in [0.15, 0.2) is 29.4 Å². The van der Waals surface area contributed by atoms with E-state index in [0.717, 1.165) is 57.5 Å². The molecule has 0 bridgehead atoms. The molecule has 0 amide bonds. The molecule has 0 atom stereocenters. The standard InChI is InChI=1S/C18H23NO3/c1-2-14-4-3-5-15(12-14)16-13-17(22-19-16)6-8-18(9-7-17)20-10-11-21-18/h3-5,12H,2,6-11,13H2,1H3. The molecule has 2 fully saturated rings. The highest BCUT2D eigenvalue weighted by Crippen LogP contribution is 2.46. The molecule has 2 aliphatic heterocycles. The van der Waals surface area contributed by atoms with E-state index in [2.05, 4.69) is 36.3 Å². The number of ether oxygens (including phenoxy) is 2. The Morgan fingerprint density at radius 3 is 2.59 bits per heavy atom. The molecule has 1 saturated heterocycles. The predicted octanol–water partition coefficient (Wildman–Crippen LogP) is 3.43. The number of hydrogen-bond acceptors (Lipinski definition) is 4. The monoisotopic (exact) mass is 301 g/mol. The highest BCUT2D eigenvalue weighted by atomic mass is 16.7. The minimum Gasteiger partial charge on any atom is -0.389 e. The Bertz CT molecular complexity index is 580. The van der Waals surface area contributed by atoms with Gasteiger partial charge < -0.3 is 14.3 Å². The lowest BCUT2D eigenvalue weighted by atomic mass is 9.78. The van der Waals surface area contributed by atoms with Gasteiger partial charge in [0.05, 0.1) is 18.9 Å². The Morgan fingerprint density at radius 2 is 1.86 bits per heavy atom. The maximum absolute atomic E-state index is 5.90. The van der Waals surface area contributed by atoms with Crippen LogP contribution in [0.5, 0.6) is 0 Å². The lowest BCUT2D eigenvalue weighted by Crippen LogP contribution is -2.43. The SMILES string of the molecule is CCc1cccc(C2=NOC3(CCC4(CC3)OCCO4)C2)c1. The maximum Gasteiger partial charge on any atom is 0.168 e. The first-order valence-electron chi connectivity index (χ1n) is 8.35. The van der Waals surface area contributed by atoms with Gasteiger partial charge in [0.25, 0.3) is 0 Å². The average molecular weight is 301 g/mol. The van der Waals surface area contributed by atoms with Gasteiger partial charge in [0.15, 0.2) is 5.79 Å². The number of aryl methyl sites for hydroxylation is 1. The molecular formula is C18H23NO3. The number of hydrogen-bond donors (Lipinski definition) is 0. The van der Waals surface area contributed by atoms with Crippen molar-refractivity contribution < 1.29 is 14.3 Å². The molecular weight excluding hydrogens is 278 g/mol. The van der Waals surface area contributed by atoms with Crippen molar-refractivity contribution >= 4 is 5.71 Å². The Kier molecular flexibility index (Phi) is 3.46. The fourth-order valence-electron chi connectivity index (χ4n) is 3.79. The van der Waals surface area contributed by atoms with Crippen molar-refractivity contribution in [2.75, 3.05) is 13.2 Å². The molecule has 1 aliphatic carbocycles. The summed E-state index contributed by atoms with van der Waals surface area (Å²) < 4.78 is 11.6. The summed E-state index contributed by atoms with van der Waals surface area (Å²) in [5.74, 6) is -0.334. The van der Waals surface area contributed by atoms with E-state index >= 15 is 0 Å². The maximum atomic E-state index is 5.90. The summed E-state index contributed by atoms with van der Waals surface area (Å²) in [6.45, 7) is 3.62. The van der Waals surface area contributed by atoms with Crippen molar-refractivity contribution in [3.05, 3.63) is 35.4 Å². The second kappa shape index (κ2) is 5.36. The van der Waals surface area contributed by atoms with Gasteiger partial charge in [0.2, 0.25) is 0 Å². The van der Waals surface area contributed by atoms with Crippen molar-refractivity contribution in [3.8, 4) is 0 Å². The van der Waals surface area contributed by atoms with E-state index in [0.29, 0.717) is 0 Å². The summed E-state index contributed by atoms with van der Waals surface area (Å²) >= 11 is 0. The van der Waals surface area contributed by atoms with E-state index < -0.39 is 0 Å². The van der Waals surface area contributed by atoms with Gasteiger partial charge >= 0.3 is 0 Å². The van der Waals surface area contributed by atoms with E-state index in [1.165, 1.54) is 11.1 Å². The molecule has 0 aromatic heterocycles. The fourth-order valence-corrected chi connectivity index (χ4v) is 3.79. The molecule has 4 heteroatoms. The fraction of sp³-hybridized carbons (Fsp3) is 0.611. The topological polar surface area (TPSA) is 40.0 Å². The summed E-state index contributed by atoms with van der Waals surface area (Å²) in [7, 11) is 0. The summed E-state index contributed by atoms with van der Waals surface area (Å²) in [6.07, 6.45) is 5.66. The van der Waals surface area contributed by atoms with E-state index in [1.54, 1.807) is 0 Å². The van der Waals surface area contributed by atoms with Gasteiger partial charge in [-0.2, -0.15) is 0 Å². The van der Waals surface area contributed by atoms with E-state index in [-0.39, 0.29) is 11.4 Å². The third kappa shape index (κ3) is 2.44. The van der Waals surface area contributed by atoms with Crippen LogP contribution in [0.3, 0.4) is 0 Å². The molecule has 2 heterocycles. The molecule has 3 aliphatic rings. The van der Waals surface area contributed by atoms with E-state index in [1.807, 2.05) is 0 Å². The smallest absolute Gasteiger partial charge is 0.168 e. The third-order valence-corrected chi connectivity index (χ3v) is 5.24. The molecule has 0 N–H and O–H groups in total. The zero-order chi connectivity index (χ0) is 15.0. The van der Waals surface area contributed by atoms with Crippen molar-refractivity contribution in [1.82, 2.24) is 0 Å². The van der Waals surface area contributed by atoms with Crippen molar-refractivity contribution in [1.29, 1.82) is 0 Å². The van der Waals surface area contributed by atoms with Crippen LogP contribution in [-0.4, -0.2) is 30.3 Å². The van der Waals surface area contributed by atoms with Crippen LogP contribution in [-0.2, 0) is 20.7 Å². The molecule has 0 unspecified atom stereocenters. The Hall–Kier alpha value is -1.39. The highest BCUT2D eigenvalue weighted by Gasteiger charge is 2.50. The van der Waals surface area contributed by atoms with Crippen molar-refractivity contribution in [2.45, 2.75) is 56.8 Å². The lowest BCUT2D eigenvalue weighted by Gasteiger charge is -2.39. The first kappa shape index (κ1) is 14.2. The summed E-state index contributed by atoms with van der Waals surface area (Å²) in [5, 5.41) is 4.41. The molecule has 2 spiro atoms. The summed E-state index contributed by atoms with van der Waals surface area (Å²) in [6, 6.07) is 8.63. The summed E-state index contributed by atoms with van der Waals surface area (Å²) in [4.78, 5) is 5.90. The van der Waals surface area contributed by atoms with Gasteiger partial charge in [-0.1, -0.05) is 30.3 Å². The predicted molar refractivity (Wildman–Crippen MR) is 83.9 cm³/mol. The lowest BCUT2D eigenvalue weighted by molar-refractivity contribution is -0.206. The van der Waals surface area contributed by atoms with E-state index in [9.17, 15) is 0 Å². The molecule has 1 aromatic rings. The second-order valence-corrected chi connectivity index (χ2v) is 6.65. The van der Waals surface area contributed by atoms with Crippen LogP contribution in [0.2, 0.25) is 0 Å². The highest BCUT2D eigenvalue weighted by molar-refractivity contribution is 6.01. The first-order chi connectivity index (χ1) is 10.7. The van der Waals surface area contributed by atoms with Crippen LogP contribution >= 0.6 is 0 Å². The van der Waals surface area contributed by atoms with Gasteiger partial charge in [-0.05, 0) is 36.5 Å². The third-order valence-electron chi connectivity index (χ3n) is 5.24. The Labute approximate surface area is 131 Å². The van der Waals surface area contributed by atoms with Crippen LogP contribution in [0.4, 0.5) is 0 Å². The molecule has 4 nitrogen and oxygen atoms in total. The number of rotatable bonds is 2. The van der Waals surface area contributed by atoms with Crippen molar-refractivity contribution in [3.63, 3.8) is 0 Å². The number of oxime groups is 1. The van der Waals surface area contributed by atoms with Crippen LogP contribution in [0, 0.1) is 0 Å². The molecule has 118 valence electrons. The molecule has 4 rings (SSSR count). The van der Waals surface area contributed by atoms with Crippen molar-refractivity contribution in [2.24, 2.45) is 5.16 Å². The van der Waals surface area contributed by atoms with Gasteiger partial charge in [-0.15, -0.1) is 0 Å². The van der Waals surface area contributed by atoms with Crippen LogP contribution in [0.1, 0.15) is 50.2 Å². The number of benzene rings is 1. The van der Waals surface area contributed by atoms with Crippen LogP contribution < -0.4 is 0 Å². The second-order valence-electron chi connectivity index (χ2n) is 6.65. The normalized spacial score (nSPS) is 25.4. The first-order valence-corrected chi connectivity index (χ1v) is 8.35. The van der Waals surface area contributed by atoms with Crippen LogP contribution in [0.25, 0.3) is 0 Å². The Morgan fingerprint density at radius 1 is 1.09 bits per heavy atom. The van der Waals surface area contributed by atoms with Gasteiger partial charge in [-0.3, -0.25) is 0 Å². The summed E-state index contributed by atoms with van der Waals surface area (Å²) in [5.41, 5.74) is 3.49. The number of nitrogens with zero attached hydrogens (tertiary/aromatic N) is 1. The van der Waals surface area contributed by atoms with Gasteiger partial charge in [0, 0.05) is 19.3 Å². The van der Waals surface area contributed by atoms with E-state index in [4.69, 9.17) is 14.3 Å². The minimum atomic E-state index is -0.334. The molecule has 1 aromatic carbocycles. The molecule has 0 radical (unpaired) electrons. The zero-order valence-corrected chi connectivity index (χ0v) is 13.1.